The average molecular weight is 709 g/mol. The predicted molar refractivity (Wildman–Crippen MR) is 181 cm³/mol. The van der Waals surface area contributed by atoms with Gasteiger partial charge in [0.05, 0.1) is 0 Å². The minimum Gasteiger partial charge on any atom is -0.356 e. The highest BCUT2D eigenvalue weighted by Crippen LogP contribution is 2.44. The van der Waals surface area contributed by atoms with Crippen LogP contribution in [0.15, 0.2) is 5.11 Å². The van der Waals surface area contributed by atoms with E-state index in [0.29, 0.717) is 38.8 Å². The van der Waals surface area contributed by atoms with E-state index >= 15 is 0 Å². The van der Waals surface area contributed by atoms with E-state index in [1.165, 1.54) is 0 Å². The van der Waals surface area contributed by atoms with Gasteiger partial charge in [-0.1, -0.05) is 12.8 Å². The Morgan fingerprint density at radius 3 is 1.51 bits per heavy atom. The fourth-order valence-electron chi connectivity index (χ4n) is 4.96. The largest absolute Gasteiger partial charge is 0.367 e. The van der Waals surface area contributed by atoms with Crippen molar-refractivity contribution in [1.29, 1.82) is 0 Å². The van der Waals surface area contributed by atoms with Crippen molar-refractivity contribution >= 4 is 11.8 Å². The summed E-state index contributed by atoms with van der Waals surface area (Å²) in [5.41, 5.74) is 15.2. The molecule has 0 saturated carbocycles. The number of rotatable bonds is 33. The SMILES string of the molecule is CCOC(N=[N+]=[N-])(OCC)C(OCC)(OCC)OC(OCC)(OCC)C(NC(=O)CCCCCNC(=O)CCCCCN)(OCC)OCC. The van der Waals surface area contributed by atoms with E-state index < -0.39 is 29.7 Å². The number of hydrogen-bond donors (Lipinski definition) is 3. The standard InChI is InChI=1S/C32H64N6O11/c1-9-41-29(42-10-2,36-28(40)24-20-18-22-26-35-27(39)23-19-17-21-25-33)31(45-13-5,46-14-6)49-32(47-15-7,48-16-8)30(37-38-34,43-11-3)44-12-4/h9-26,33H2,1-8H3,(H,35,39)(H,36,40). The molecule has 0 aromatic heterocycles. The van der Waals surface area contributed by atoms with Crippen LogP contribution >= 0.6 is 0 Å². The number of amides is 2. The third-order valence-electron chi connectivity index (χ3n) is 6.76. The number of azide groups is 1. The third kappa shape index (κ3) is 14.5. The van der Waals surface area contributed by atoms with Crippen LogP contribution < -0.4 is 16.4 Å². The van der Waals surface area contributed by atoms with Gasteiger partial charge in [-0.25, -0.2) is 0 Å². The number of nitrogens with one attached hydrogen (secondary N) is 2. The topological polar surface area (TPSA) is 216 Å². The zero-order chi connectivity index (χ0) is 37.1. The molecule has 4 N–H and O–H groups in total. The van der Waals surface area contributed by atoms with Gasteiger partial charge in [0, 0.05) is 77.2 Å². The first-order valence-corrected chi connectivity index (χ1v) is 17.8. The molecule has 0 aliphatic carbocycles. The summed E-state index contributed by atoms with van der Waals surface area (Å²) in [6.07, 6.45) is 5.04. The Bertz CT molecular complexity index is 915. The van der Waals surface area contributed by atoms with Gasteiger partial charge in [-0.15, -0.1) is 0 Å². The molecule has 17 nitrogen and oxygen atoms in total. The van der Waals surface area contributed by atoms with E-state index in [2.05, 4.69) is 20.7 Å². The minimum absolute atomic E-state index is 0.00417. The van der Waals surface area contributed by atoms with Crippen LogP contribution in [-0.2, 0) is 52.2 Å². The quantitative estimate of drug-likeness (QED) is 0.0282. The van der Waals surface area contributed by atoms with Gasteiger partial charge in [0.25, 0.3) is 0 Å². The van der Waals surface area contributed by atoms with Crippen molar-refractivity contribution in [3.63, 3.8) is 0 Å². The van der Waals surface area contributed by atoms with Gasteiger partial charge in [0.1, 0.15) is 0 Å². The molecule has 0 spiro atoms. The maximum atomic E-state index is 13.6. The molecule has 0 aromatic rings. The Balaban J connectivity index is 6.58. The maximum Gasteiger partial charge on any atom is 0.367 e. The highest BCUT2D eigenvalue weighted by atomic mass is 17.0. The molecule has 0 bridgehead atoms. The van der Waals surface area contributed by atoms with Crippen LogP contribution in [0.5, 0.6) is 0 Å². The van der Waals surface area contributed by atoms with Gasteiger partial charge in [-0.3, -0.25) is 19.6 Å². The number of carbonyl (C=O) groups excluding carboxylic acids is 2. The van der Waals surface area contributed by atoms with E-state index in [1.54, 1.807) is 55.4 Å². The van der Waals surface area contributed by atoms with Gasteiger partial charge in [0.15, 0.2) is 0 Å². The summed E-state index contributed by atoms with van der Waals surface area (Å²) in [5.74, 6) is -10.0. The lowest BCUT2D eigenvalue weighted by molar-refractivity contribution is -0.600. The molecule has 288 valence electrons. The van der Waals surface area contributed by atoms with Gasteiger partial charge >= 0.3 is 23.8 Å². The van der Waals surface area contributed by atoms with Crippen LogP contribution in [0, 0.1) is 0 Å². The van der Waals surface area contributed by atoms with Crippen LogP contribution in [0.25, 0.3) is 10.4 Å². The number of nitrogens with zero attached hydrogens (tertiary/aromatic N) is 3. The lowest BCUT2D eigenvalue weighted by Crippen LogP contribution is -2.75. The Morgan fingerprint density at radius 2 is 1.06 bits per heavy atom. The zero-order valence-electron chi connectivity index (χ0n) is 31.1. The molecule has 0 atom stereocenters. The van der Waals surface area contributed by atoms with Gasteiger partial charge < -0.3 is 48.9 Å². The summed E-state index contributed by atoms with van der Waals surface area (Å²) >= 11 is 0. The molecule has 0 heterocycles. The second-order valence-corrected chi connectivity index (χ2v) is 10.4. The molecular formula is C32H64N6O11. The Kier molecular flexibility index (Phi) is 25.5. The Hall–Kier alpha value is -2.15. The van der Waals surface area contributed by atoms with Crippen molar-refractivity contribution in [2.75, 3.05) is 65.9 Å². The van der Waals surface area contributed by atoms with Gasteiger partial charge in [-0.2, -0.15) is 0 Å². The van der Waals surface area contributed by atoms with Crippen molar-refractivity contribution in [1.82, 2.24) is 10.6 Å². The first-order valence-electron chi connectivity index (χ1n) is 17.8. The summed E-state index contributed by atoms with van der Waals surface area (Å²) in [7, 11) is 0. The van der Waals surface area contributed by atoms with Crippen molar-refractivity contribution in [3.8, 4) is 0 Å². The smallest absolute Gasteiger partial charge is 0.356 e. The first-order chi connectivity index (χ1) is 23.6. The van der Waals surface area contributed by atoms with Crippen LogP contribution in [0.4, 0.5) is 0 Å². The Morgan fingerprint density at radius 1 is 0.612 bits per heavy atom. The number of unbranched alkanes of at least 4 members (excludes halogenated alkanes) is 4. The molecule has 0 saturated heterocycles. The first kappa shape index (κ1) is 46.9. The highest BCUT2D eigenvalue weighted by molar-refractivity contribution is 5.76. The number of nitrogens with two attached hydrogens (primary N) is 1. The molecule has 0 unspecified atom stereocenters. The maximum absolute atomic E-state index is 13.6. The van der Waals surface area contributed by atoms with E-state index in [9.17, 15) is 15.1 Å². The van der Waals surface area contributed by atoms with Crippen LogP contribution in [0.1, 0.15) is 107 Å². The molecule has 0 rings (SSSR count). The van der Waals surface area contributed by atoms with E-state index in [-0.39, 0.29) is 65.2 Å². The molecule has 0 fully saturated rings. The second-order valence-electron chi connectivity index (χ2n) is 10.4. The van der Waals surface area contributed by atoms with E-state index in [0.717, 1.165) is 19.3 Å². The average Bonchev–Trinajstić information content (AvgIpc) is 3.05. The number of ether oxygens (including phenoxy) is 9. The predicted octanol–water partition coefficient (Wildman–Crippen LogP) is 4.53. The van der Waals surface area contributed by atoms with Crippen molar-refractivity contribution in [2.24, 2.45) is 10.8 Å². The third-order valence-corrected chi connectivity index (χ3v) is 6.76. The summed E-state index contributed by atoms with van der Waals surface area (Å²) in [5, 5.41) is 9.55. The lowest BCUT2D eigenvalue weighted by atomic mass is 10.1. The Labute approximate surface area is 292 Å². The highest BCUT2D eigenvalue weighted by Gasteiger charge is 2.70. The minimum atomic E-state index is -2.49. The molecule has 17 heteroatoms. The molecular weight excluding hydrogens is 644 g/mol. The molecule has 0 aliphatic heterocycles. The van der Waals surface area contributed by atoms with E-state index in [1.807, 2.05) is 0 Å². The van der Waals surface area contributed by atoms with Gasteiger partial charge in [0.2, 0.25) is 11.8 Å². The molecule has 0 radical (unpaired) electrons. The summed E-state index contributed by atoms with van der Waals surface area (Å²) in [6, 6.07) is 0. The van der Waals surface area contributed by atoms with Crippen molar-refractivity contribution < 1.29 is 52.2 Å². The molecule has 0 aromatic carbocycles. The molecule has 49 heavy (non-hydrogen) atoms. The van der Waals surface area contributed by atoms with Crippen LogP contribution in [0.2, 0.25) is 0 Å². The number of carbonyl (C=O) groups is 2. The number of hydrogen-bond acceptors (Lipinski definition) is 13. The molecule has 0 aliphatic rings. The van der Waals surface area contributed by atoms with Crippen LogP contribution in [0.3, 0.4) is 0 Å². The summed E-state index contributed by atoms with van der Waals surface area (Å²) < 4.78 is 55.2. The summed E-state index contributed by atoms with van der Waals surface area (Å²) in [6.45, 7) is 14.3. The lowest BCUT2D eigenvalue weighted by Gasteiger charge is -2.52. The molecule has 2 amide bonds. The van der Waals surface area contributed by atoms with Crippen molar-refractivity contribution in [3.05, 3.63) is 10.4 Å². The summed E-state index contributed by atoms with van der Waals surface area (Å²) in [4.78, 5) is 28.6. The van der Waals surface area contributed by atoms with E-state index in [4.69, 9.17) is 48.4 Å². The van der Waals surface area contributed by atoms with Crippen molar-refractivity contribution in [2.45, 2.75) is 131 Å². The zero-order valence-corrected chi connectivity index (χ0v) is 31.1. The normalized spacial score (nSPS) is 12.5. The second kappa shape index (κ2) is 26.6. The monoisotopic (exact) mass is 708 g/mol. The van der Waals surface area contributed by atoms with Gasteiger partial charge in [-0.05, 0) is 98.3 Å². The fourth-order valence-corrected chi connectivity index (χ4v) is 4.96. The fraction of sp³-hybridized carbons (Fsp3) is 0.938. The van der Waals surface area contributed by atoms with Crippen LogP contribution in [-0.4, -0.2) is 102 Å².